The van der Waals surface area contributed by atoms with Gasteiger partial charge in [0.1, 0.15) is 5.52 Å². The van der Waals surface area contributed by atoms with Crippen molar-refractivity contribution in [2.75, 3.05) is 30.8 Å². The summed E-state index contributed by atoms with van der Waals surface area (Å²) in [5.41, 5.74) is 1.33. The van der Waals surface area contributed by atoms with Crippen LogP contribution < -0.4 is 8.49 Å². The molecule has 3 heterocycles. The summed E-state index contributed by atoms with van der Waals surface area (Å²) in [6, 6.07) is 11.1. The smallest absolute Gasteiger partial charge is 0.360 e. The number of carbonyl (C=O) groups excluding carboxylic acids is 1. The van der Waals surface area contributed by atoms with Gasteiger partial charge in [0.15, 0.2) is 17.3 Å². The monoisotopic (exact) mass is 491 g/mol. The zero-order valence-corrected chi connectivity index (χ0v) is 20.1. The van der Waals surface area contributed by atoms with E-state index in [0.29, 0.717) is 23.7 Å². The Morgan fingerprint density at radius 3 is 2.55 bits per heavy atom. The Balaban J connectivity index is 0.00000149. The van der Waals surface area contributed by atoms with Crippen LogP contribution in [0.3, 0.4) is 0 Å². The topological polar surface area (TPSA) is 119 Å². The predicted molar refractivity (Wildman–Crippen MR) is 127 cm³/mol. The Hall–Kier alpha value is -2.89. The molecule has 1 fully saturated rings. The summed E-state index contributed by atoms with van der Waals surface area (Å²) in [6.07, 6.45) is 2.85. The zero-order chi connectivity index (χ0) is 24.0. The lowest BCUT2D eigenvalue weighted by Crippen LogP contribution is -2.38. The third kappa shape index (κ3) is 5.37. The molecule has 0 aliphatic carbocycles. The molecule has 176 valence electrons. The second kappa shape index (κ2) is 10.8. The third-order valence-electron chi connectivity index (χ3n) is 4.90. The molecule has 11 heteroatoms. The van der Waals surface area contributed by atoms with Crippen molar-refractivity contribution < 1.29 is 27.2 Å². The van der Waals surface area contributed by atoms with Gasteiger partial charge in [-0.3, -0.25) is 9.29 Å². The minimum atomic E-state index is -3.54. The largest absolute Gasteiger partial charge is 0.464 e. The van der Waals surface area contributed by atoms with E-state index in [-0.39, 0.29) is 29.6 Å². The highest BCUT2D eigenvalue weighted by atomic mass is 32.2. The highest BCUT2D eigenvalue weighted by Gasteiger charge is 2.32. The Labute approximate surface area is 197 Å². The lowest BCUT2D eigenvalue weighted by Gasteiger charge is -2.28. The number of pyridine rings is 2. The summed E-state index contributed by atoms with van der Waals surface area (Å²) < 4.78 is 37.5. The second-order valence-corrected chi connectivity index (χ2v) is 9.90. The van der Waals surface area contributed by atoms with Crippen molar-refractivity contribution in [1.29, 1.82) is 0 Å². The van der Waals surface area contributed by atoms with Crippen molar-refractivity contribution >= 4 is 44.8 Å². The van der Waals surface area contributed by atoms with Crippen LogP contribution in [0.2, 0.25) is 0 Å². The maximum Gasteiger partial charge on any atom is 0.360 e. The van der Waals surface area contributed by atoms with E-state index in [1.54, 1.807) is 18.3 Å². The summed E-state index contributed by atoms with van der Waals surface area (Å²) in [5, 5.41) is 7.49. The number of benzene rings is 1. The fraction of sp³-hybridized carbons (Fsp3) is 0.318. The van der Waals surface area contributed by atoms with Gasteiger partial charge in [0.25, 0.3) is 0 Å². The molecule has 0 saturated carbocycles. The Morgan fingerprint density at radius 1 is 1.15 bits per heavy atom. The molecule has 1 aliphatic heterocycles. The number of aromatic nitrogens is 2. The van der Waals surface area contributed by atoms with Gasteiger partial charge in [-0.2, -0.15) is 0 Å². The number of sulfonamides is 1. The maximum atomic E-state index is 12.7. The molecule has 0 radical (unpaired) electrons. The Kier molecular flexibility index (Phi) is 8.11. The molecule has 0 unspecified atom stereocenters. The Morgan fingerprint density at radius 2 is 1.88 bits per heavy atom. The quantitative estimate of drug-likeness (QED) is 0.423. The van der Waals surface area contributed by atoms with Crippen LogP contribution in [0.1, 0.15) is 28.9 Å². The summed E-state index contributed by atoms with van der Waals surface area (Å²) in [4.78, 5) is 22.2. The van der Waals surface area contributed by atoms with Crippen molar-refractivity contribution in [1.82, 2.24) is 9.97 Å². The lowest BCUT2D eigenvalue weighted by molar-refractivity contribution is 0.0592. The van der Waals surface area contributed by atoms with Crippen molar-refractivity contribution in [3.8, 4) is 5.75 Å². The molecule has 9 nitrogen and oxygen atoms in total. The number of hydrogen-bond acceptors (Lipinski definition) is 9. The normalized spacial score (nSPS) is 14.8. The molecule has 0 atom stereocenters. The van der Waals surface area contributed by atoms with Gasteiger partial charge in [-0.1, -0.05) is 17.7 Å². The summed E-state index contributed by atoms with van der Waals surface area (Å²) >= 11 is 1.06. The minimum absolute atomic E-state index is 0.0333. The number of fused-ring (bicyclic) bond motifs is 1. The van der Waals surface area contributed by atoms with Crippen LogP contribution in [-0.2, 0) is 14.8 Å². The highest BCUT2D eigenvalue weighted by molar-refractivity contribution is 7.95. The average Bonchev–Trinajstić information content (AvgIpc) is 2.84. The van der Waals surface area contributed by atoms with Gasteiger partial charge in [-0.15, -0.1) is 0 Å². The molecule has 0 bridgehead atoms. The first kappa shape index (κ1) is 24.7. The number of nitrogens with zero attached hydrogens (tertiary/aromatic N) is 3. The molecule has 1 aliphatic rings. The van der Waals surface area contributed by atoms with Crippen molar-refractivity contribution in [2.24, 2.45) is 0 Å². The van der Waals surface area contributed by atoms with Crippen LogP contribution >= 0.6 is 12.0 Å². The molecule has 0 amide bonds. The number of aliphatic hydroxyl groups is 1. The fourth-order valence-corrected chi connectivity index (χ4v) is 5.49. The van der Waals surface area contributed by atoms with Crippen LogP contribution in [0, 0.1) is 6.92 Å². The van der Waals surface area contributed by atoms with E-state index >= 15 is 0 Å². The second-order valence-electron chi connectivity index (χ2n) is 7.08. The van der Waals surface area contributed by atoms with Crippen LogP contribution in [-0.4, -0.2) is 56.0 Å². The Bertz CT molecular complexity index is 1230. The van der Waals surface area contributed by atoms with Crippen molar-refractivity contribution in [3.63, 3.8) is 0 Å². The van der Waals surface area contributed by atoms with E-state index in [9.17, 15) is 13.2 Å². The van der Waals surface area contributed by atoms with Crippen molar-refractivity contribution in [2.45, 2.75) is 24.7 Å². The number of aliphatic hydroxyl groups excluding tert-OH is 1. The van der Waals surface area contributed by atoms with Crippen LogP contribution in [0.4, 0.5) is 5.82 Å². The molecule has 33 heavy (non-hydrogen) atoms. The number of methoxy groups -OCH3 is 1. The van der Waals surface area contributed by atoms with Crippen LogP contribution in [0.5, 0.6) is 5.75 Å². The van der Waals surface area contributed by atoms with Gasteiger partial charge in [-0.25, -0.2) is 18.2 Å². The zero-order valence-electron chi connectivity index (χ0n) is 18.5. The number of carbonyl (C=O) groups is 1. The lowest BCUT2D eigenvalue weighted by atomic mass is 10.2. The first-order valence-electron chi connectivity index (χ1n) is 10.1. The van der Waals surface area contributed by atoms with Crippen LogP contribution in [0.15, 0.2) is 47.5 Å². The maximum absolute atomic E-state index is 12.7. The van der Waals surface area contributed by atoms with E-state index in [1.807, 2.05) is 31.2 Å². The molecule has 3 aromatic rings. The number of esters is 1. The summed E-state index contributed by atoms with van der Waals surface area (Å²) in [7, 11) is -1.31. The molecule has 1 N–H and O–H groups in total. The van der Waals surface area contributed by atoms with Crippen molar-refractivity contribution in [3.05, 3.63) is 53.9 Å². The number of rotatable bonds is 5. The molecular weight excluding hydrogens is 466 g/mol. The number of anilines is 1. The summed E-state index contributed by atoms with van der Waals surface area (Å²) in [5.74, 6) is -0.407. The van der Waals surface area contributed by atoms with Gasteiger partial charge < -0.3 is 14.0 Å². The fourth-order valence-electron chi connectivity index (χ4n) is 3.31. The minimum Gasteiger partial charge on any atom is -0.464 e. The molecule has 4 rings (SSSR count). The van der Waals surface area contributed by atoms with Gasteiger partial charge in [-0.05, 0) is 44.0 Å². The summed E-state index contributed by atoms with van der Waals surface area (Å²) in [6.45, 7) is 2.28. The number of ether oxygens (including phenoxy) is 1. The highest BCUT2D eigenvalue weighted by Crippen LogP contribution is 2.38. The molecule has 1 saturated heterocycles. The van der Waals surface area contributed by atoms with Crippen LogP contribution in [0.25, 0.3) is 10.9 Å². The average molecular weight is 492 g/mol. The molecule has 2 aromatic heterocycles. The first-order valence-corrected chi connectivity index (χ1v) is 12.5. The van der Waals surface area contributed by atoms with E-state index in [2.05, 4.69) is 9.97 Å². The number of hydrogen-bond donors (Lipinski definition) is 1. The standard InChI is InChI=1S/C21H21N3O5S2.CH4O/c1-14-7-9-15(10-8-14)30-29-19-17-16(6-5-11-22-17)20(23-18(19)21(25)28-2)24-12-3-4-13-31(24,26)27;1-2/h5-11H,3-4,12-13H2,1-2H3;2H,1H3. The van der Waals surface area contributed by atoms with Gasteiger partial charge in [0, 0.05) is 30.1 Å². The van der Waals surface area contributed by atoms with E-state index in [1.165, 1.54) is 11.4 Å². The first-order chi connectivity index (χ1) is 15.9. The number of aryl methyl sites for hydroxylation is 1. The predicted octanol–water partition coefficient (Wildman–Crippen LogP) is 3.35. The third-order valence-corrected chi connectivity index (χ3v) is 7.45. The van der Waals surface area contributed by atoms with Gasteiger partial charge in [0.05, 0.1) is 24.9 Å². The van der Waals surface area contributed by atoms with E-state index in [4.69, 9.17) is 14.0 Å². The van der Waals surface area contributed by atoms with E-state index < -0.39 is 16.0 Å². The SMILES string of the molecule is CO.COC(=O)c1nc(N2CCCCS2(=O)=O)c2cccnc2c1OSc1ccc(C)cc1. The molecular formula is C22H25N3O6S2. The van der Waals surface area contributed by atoms with Gasteiger partial charge in [0.2, 0.25) is 10.0 Å². The van der Waals surface area contributed by atoms with E-state index in [0.717, 1.165) is 29.6 Å². The van der Waals surface area contributed by atoms with Gasteiger partial charge >= 0.3 is 5.97 Å². The molecule has 0 spiro atoms. The molecule has 1 aromatic carbocycles.